The first-order valence-electron chi connectivity index (χ1n) is 7.42. The number of nitrogens with one attached hydrogen (secondary N) is 1. The predicted octanol–water partition coefficient (Wildman–Crippen LogP) is 1.76. The highest BCUT2D eigenvalue weighted by atomic mass is 32.1. The standard InChI is InChI=1S/C15H15N5O2S/c1-9-5-14(21)20-13(17-9)6-10(18-20)12-3-2-4-19(12)15(22)11-7-23-8-16-11/h5-8,12,18H,2-4H2,1H3/t12-/m1/s1. The van der Waals surface area contributed by atoms with E-state index in [1.165, 1.54) is 21.9 Å². The number of aromatic nitrogens is 4. The Labute approximate surface area is 135 Å². The smallest absolute Gasteiger partial charge is 0.273 e. The fourth-order valence-electron chi connectivity index (χ4n) is 3.10. The van der Waals surface area contributed by atoms with Crippen LogP contribution in [0.25, 0.3) is 5.65 Å². The highest BCUT2D eigenvalue weighted by molar-refractivity contribution is 7.07. The van der Waals surface area contributed by atoms with Crippen LogP contribution in [0.15, 0.2) is 27.8 Å². The van der Waals surface area contributed by atoms with E-state index >= 15 is 0 Å². The molecule has 8 heteroatoms. The van der Waals surface area contributed by atoms with Gasteiger partial charge in [-0.05, 0) is 19.8 Å². The minimum atomic E-state index is -0.144. The van der Waals surface area contributed by atoms with Crippen molar-refractivity contribution in [3.8, 4) is 0 Å². The lowest BCUT2D eigenvalue weighted by atomic mass is 10.1. The van der Waals surface area contributed by atoms with Crippen molar-refractivity contribution in [1.82, 2.24) is 24.5 Å². The number of aryl methyl sites for hydroxylation is 1. The summed E-state index contributed by atoms with van der Waals surface area (Å²) in [4.78, 5) is 34.9. The molecule has 0 aliphatic carbocycles. The number of hydrogen-bond acceptors (Lipinski definition) is 5. The molecular formula is C15H15N5O2S. The molecule has 0 saturated carbocycles. The Balaban J connectivity index is 1.73. The molecular weight excluding hydrogens is 314 g/mol. The van der Waals surface area contributed by atoms with E-state index in [4.69, 9.17) is 0 Å². The molecule has 23 heavy (non-hydrogen) atoms. The molecule has 1 saturated heterocycles. The van der Waals surface area contributed by atoms with Gasteiger partial charge in [0.15, 0.2) is 5.65 Å². The second kappa shape index (κ2) is 5.31. The summed E-state index contributed by atoms with van der Waals surface area (Å²) < 4.78 is 1.42. The van der Waals surface area contributed by atoms with Gasteiger partial charge in [0.2, 0.25) is 0 Å². The van der Waals surface area contributed by atoms with E-state index < -0.39 is 0 Å². The van der Waals surface area contributed by atoms with E-state index in [2.05, 4.69) is 15.1 Å². The number of fused-ring (bicyclic) bond motifs is 1. The fourth-order valence-corrected chi connectivity index (χ4v) is 3.62. The Morgan fingerprint density at radius 2 is 2.30 bits per heavy atom. The van der Waals surface area contributed by atoms with Crippen LogP contribution in [0, 0.1) is 6.92 Å². The molecule has 0 bridgehead atoms. The van der Waals surface area contributed by atoms with Crippen LogP contribution in [0.3, 0.4) is 0 Å². The Kier molecular flexibility index (Phi) is 3.26. The summed E-state index contributed by atoms with van der Waals surface area (Å²) in [5.74, 6) is -0.0658. The van der Waals surface area contributed by atoms with E-state index in [9.17, 15) is 9.59 Å². The van der Waals surface area contributed by atoms with Crippen LogP contribution >= 0.6 is 11.3 Å². The Morgan fingerprint density at radius 3 is 3.09 bits per heavy atom. The molecule has 4 heterocycles. The second-order valence-corrected chi connectivity index (χ2v) is 6.39. The van der Waals surface area contributed by atoms with Crippen molar-refractivity contribution in [1.29, 1.82) is 0 Å². The summed E-state index contributed by atoms with van der Waals surface area (Å²) in [5, 5.41) is 4.86. The van der Waals surface area contributed by atoms with Crippen LogP contribution in [0.5, 0.6) is 0 Å². The molecule has 1 N–H and O–H groups in total. The van der Waals surface area contributed by atoms with Crippen LogP contribution in [0.4, 0.5) is 0 Å². The average molecular weight is 329 g/mol. The molecule has 7 nitrogen and oxygen atoms in total. The maximum absolute atomic E-state index is 12.6. The van der Waals surface area contributed by atoms with Crippen LogP contribution < -0.4 is 5.56 Å². The highest BCUT2D eigenvalue weighted by Gasteiger charge is 2.32. The largest absolute Gasteiger partial charge is 0.329 e. The van der Waals surface area contributed by atoms with Gasteiger partial charge in [0.05, 0.1) is 17.2 Å². The lowest BCUT2D eigenvalue weighted by Gasteiger charge is -2.22. The number of nitrogens with zero attached hydrogens (tertiary/aromatic N) is 4. The summed E-state index contributed by atoms with van der Waals surface area (Å²) in [6, 6.07) is 3.26. The molecule has 0 unspecified atom stereocenters. The third kappa shape index (κ3) is 2.35. The highest BCUT2D eigenvalue weighted by Crippen LogP contribution is 2.32. The molecule has 3 aromatic rings. The van der Waals surface area contributed by atoms with Gasteiger partial charge in [0.1, 0.15) is 5.69 Å². The molecule has 4 rings (SSSR count). The van der Waals surface area contributed by atoms with Crippen molar-refractivity contribution >= 4 is 22.9 Å². The monoisotopic (exact) mass is 329 g/mol. The number of rotatable bonds is 2. The van der Waals surface area contributed by atoms with Gasteiger partial charge in [-0.25, -0.2) is 14.5 Å². The van der Waals surface area contributed by atoms with Gasteiger partial charge in [-0.1, -0.05) is 0 Å². The Hall–Kier alpha value is -2.48. The SMILES string of the molecule is Cc1cc(=O)n2[nH]c([C@H]3CCCN3C(=O)c3cscn3)cc2n1. The van der Waals surface area contributed by atoms with Crippen molar-refractivity contribution in [3.63, 3.8) is 0 Å². The number of thiazole rings is 1. The van der Waals surface area contributed by atoms with Gasteiger partial charge in [0, 0.05) is 29.8 Å². The maximum atomic E-state index is 12.6. The number of H-pyrrole nitrogens is 1. The van der Waals surface area contributed by atoms with E-state index in [1.54, 1.807) is 17.8 Å². The number of likely N-dealkylation sites (tertiary alicyclic amines) is 1. The van der Waals surface area contributed by atoms with Crippen LogP contribution in [0.2, 0.25) is 0 Å². The third-order valence-electron chi connectivity index (χ3n) is 4.12. The molecule has 1 aliphatic heterocycles. The summed E-state index contributed by atoms with van der Waals surface area (Å²) in [6.45, 7) is 2.49. The second-order valence-electron chi connectivity index (χ2n) is 5.67. The fraction of sp³-hybridized carbons (Fsp3) is 0.333. The Bertz CT molecular complexity index is 927. The normalized spacial score (nSPS) is 18.0. The van der Waals surface area contributed by atoms with Crippen molar-refractivity contribution in [2.45, 2.75) is 25.8 Å². The molecule has 0 aromatic carbocycles. The van der Waals surface area contributed by atoms with Gasteiger partial charge in [-0.2, -0.15) is 0 Å². The van der Waals surface area contributed by atoms with E-state index in [0.717, 1.165) is 18.5 Å². The van der Waals surface area contributed by atoms with E-state index in [0.29, 0.717) is 23.6 Å². The quantitative estimate of drug-likeness (QED) is 0.776. The van der Waals surface area contributed by atoms with Crippen LogP contribution in [-0.4, -0.2) is 36.9 Å². The van der Waals surface area contributed by atoms with Crippen molar-refractivity contribution in [3.05, 3.63) is 50.5 Å². The van der Waals surface area contributed by atoms with Crippen molar-refractivity contribution in [2.75, 3.05) is 6.54 Å². The molecule has 0 radical (unpaired) electrons. The summed E-state index contributed by atoms with van der Waals surface area (Å²) in [7, 11) is 0. The van der Waals surface area contributed by atoms with E-state index in [-0.39, 0.29) is 17.5 Å². The summed E-state index contributed by atoms with van der Waals surface area (Å²) in [6.07, 6.45) is 1.79. The van der Waals surface area contributed by atoms with Gasteiger partial charge < -0.3 is 4.90 Å². The van der Waals surface area contributed by atoms with Gasteiger partial charge in [-0.15, -0.1) is 11.3 Å². The molecule has 1 atom stereocenters. The number of carbonyl (C=O) groups is 1. The molecule has 1 amide bonds. The lowest BCUT2D eigenvalue weighted by Crippen LogP contribution is -2.31. The van der Waals surface area contributed by atoms with Gasteiger partial charge in [-0.3, -0.25) is 14.7 Å². The van der Waals surface area contributed by atoms with Crippen molar-refractivity contribution < 1.29 is 4.79 Å². The first-order chi connectivity index (χ1) is 11.1. The first-order valence-corrected chi connectivity index (χ1v) is 8.36. The molecule has 0 spiro atoms. The third-order valence-corrected chi connectivity index (χ3v) is 4.71. The van der Waals surface area contributed by atoms with Crippen LogP contribution in [0.1, 0.15) is 40.8 Å². The first kappa shape index (κ1) is 14.1. The summed E-state index contributed by atoms with van der Waals surface area (Å²) >= 11 is 1.41. The molecule has 1 aliphatic rings. The number of amides is 1. The average Bonchev–Trinajstić information content (AvgIpc) is 3.25. The minimum absolute atomic E-state index is 0.0658. The maximum Gasteiger partial charge on any atom is 0.273 e. The Morgan fingerprint density at radius 1 is 1.43 bits per heavy atom. The molecule has 1 fully saturated rings. The topological polar surface area (TPSA) is 83.4 Å². The minimum Gasteiger partial charge on any atom is -0.329 e. The van der Waals surface area contributed by atoms with E-state index in [1.807, 2.05) is 11.0 Å². The number of aromatic amines is 1. The zero-order chi connectivity index (χ0) is 16.0. The zero-order valence-electron chi connectivity index (χ0n) is 12.5. The van der Waals surface area contributed by atoms with Crippen LogP contribution in [-0.2, 0) is 0 Å². The summed E-state index contributed by atoms with van der Waals surface area (Å²) in [5.41, 5.74) is 4.09. The van der Waals surface area contributed by atoms with Crippen molar-refractivity contribution in [2.24, 2.45) is 0 Å². The lowest BCUT2D eigenvalue weighted by molar-refractivity contribution is 0.0727. The van der Waals surface area contributed by atoms with Gasteiger partial charge in [0.25, 0.3) is 11.5 Å². The predicted molar refractivity (Wildman–Crippen MR) is 85.7 cm³/mol. The number of hydrogen-bond donors (Lipinski definition) is 1. The molecule has 3 aromatic heterocycles. The molecule has 118 valence electrons. The zero-order valence-corrected chi connectivity index (χ0v) is 13.3. The van der Waals surface area contributed by atoms with Gasteiger partial charge >= 0.3 is 0 Å². The number of carbonyl (C=O) groups excluding carboxylic acids is 1.